The average Bonchev–Trinajstić information content (AvgIpc) is 3.79. The Morgan fingerprint density at radius 3 is 1.71 bits per heavy atom. The quantitative estimate of drug-likeness (QED) is 0.176. The van der Waals surface area contributed by atoms with Crippen molar-refractivity contribution in [2.75, 3.05) is 0 Å². The second-order valence-electron chi connectivity index (χ2n) is 15.9. The van der Waals surface area contributed by atoms with Crippen molar-refractivity contribution in [3.05, 3.63) is 240 Å². The van der Waals surface area contributed by atoms with Crippen molar-refractivity contribution in [3.8, 4) is 67.3 Å². The van der Waals surface area contributed by atoms with Crippen molar-refractivity contribution in [1.82, 2.24) is 15.0 Å². The van der Waals surface area contributed by atoms with Gasteiger partial charge in [-0.05, 0) is 85.5 Å². The Kier molecular flexibility index (Phi) is 7.58. The molecule has 0 aliphatic heterocycles. The summed E-state index contributed by atoms with van der Waals surface area (Å²) in [4.78, 5) is 15.2. The van der Waals surface area contributed by atoms with Gasteiger partial charge in [0, 0.05) is 46.5 Å². The zero-order valence-electron chi connectivity index (χ0n) is 32.2. The third kappa shape index (κ3) is 5.18. The lowest BCUT2D eigenvalue weighted by molar-refractivity contribution is 0.678. The first-order valence-corrected chi connectivity index (χ1v) is 20.4. The van der Waals surface area contributed by atoms with Crippen LogP contribution in [0.5, 0.6) is 0 Å². The molecule has 1 spiro atoms. The van der Waals surface area contributed by atoms with Crippen LogP contribution in [0.25, 0.3) is 72.9 Å². The number of aromatic nitrogens is 3. The van der Waals surface area contributed by atoms with Crippen LogP contribution in [0.4, 0.5) is 0 Å². The zero-order chi connectivity index (χ0) is 38.9. The van der Waals surface area contributed by atoms with E-state index in [2.05, 4.69) is 199 Å². The van der Waals surface area contributed by atoms with Crippen LogP contribution in [-0.2, 0) is 5.41 Å². The van der Waals surface area contributed by atoms with E-state index in [-0.39, 0.29) is 0 Å². The second kappa shape index (κ2) is 13.3. The zero-order valence-corrected chi connectivity index (χ0v) is 32.2. The molecule has 12 rings (SSSR count). The Morgan fingerprint density at radius 2 is 1.00 bits per heavy atom. The highest BCUT2D eigenvalue weighted by Gasteiger charge is 2.51. The molecule has 0 fully saturated rings. The lowest BCUT2D eigenvalue weighted by Gasteiger charge is -2.30. The maximum atomic E-state index is 5.40. The molecule has 2 aromatic heterocycles. The molecule has 2 unspecified atom stereocenters. The Balaban J connectivity index is 1.03. The van der Waals surface area contributed by atoms with Gasteiger partial charge in [0.15, 0.2) is 5.82 Å². The molecule has 6 aromatic carbocycles. The molecular formula is C56H37N3. The molecule has 59 heavy (non-hydrogen) atoms. The number of hydrogen-bond acceptors (Lipinski definition) is 3. The Bertz CT molecular complexity index is 3050. The molecule has 3 nitrogen and oxygen atoms in total. The van der Waals surface area contributed by atoms with Crippen LogP contribution in [0, 0.1) is 11.8 Å². The highest BCUT2D eigenvalue weighted by atomic mass is 14.9. The fourth-order valence-corrected chi connectivity index (χ4v) is 10.1. The predicted octanol–water partition coefficient (Wildman–Crippen LogP) is 13.2. The van der Waals surface area contributed by atoms with E-state index in [1.165, 1.54) is 55.6 Å². The summed E-state index contributed by atoms with van der Waals surface area (Å²) >= 11 is 0. The SMILES string of the molecule is C1=CC2C=CC=C(c3ccc(-c4cc(-c5cccc(-c6cccnc6)c5)nc(-c5ccc6c(c5)C5(c7ccccc7-c7ccccc75)c5ccccc5-6)n4)cc3)C2C=C1. The molecular weight excluding hydrogens is 715 g/mol. The molecule has 0 saturated carbocycles. The monoisotopic (exact) mass is 751 g/mol. The average molecular weight is 752 g/mol. The van der Waals surface area contributed by atoms with E-state index in [1.807, 2.05) is 18.5 Å². The molecule has 0 saturated heterocycles. The number of nitrogens with zero attached hydrogens (tertiary/aromatic N) is 3. The van der Waals surface area contributed by atoms with Gasteiger partial charge in [-0.15, -0.1) is 0 Å². The second-order valence-corrected chi connectivity index (χ2v) is 15.9. The largest absolute Gasteiger partial charge is 0.264 e. The molecule has 0 bridgehead atoms. The molecule has 0 radical (unpaired) electrons. The van der Waals surface area contributed by atoms with E-state index in [0.717, 1.165) is 39.2 Å². The van der Waals surface area contributed by atoms with E-state index in [0.29, 0.717) is 17.7 Å². The van der Waals surface area contributed by atoms with Gasteiger partial charge in [-0.25, -0.2) is 9.97 Å². The van der Waals surface area contributed by atoms with Crippen molar-refractivity contribution in [1.29, 1.82) is 0 Å². The van der Waals surface area contributed by atoms with Gasteiger partial charge in [-0.2, -0.15) is 0 Å². The lowest BCUT2D eigenvalue weighted by atomic mass is 9.70. The summed E-state index contributed by atoms with van der Waals surface area (Å²) < 4.78 is 0. The molecule has 0 N–H and O–H groups in total. The van der Waals surface area contributed by atoms with Crippen LogP contribution in [0.3, 0.4) is 0 Å². The van der Waals surface area contributed by atoms with E-state index in [1.54, 1.807) is 0 Å². The minimum Gasteiger partial charge on any atom is -0.264 e. The summed E-state index contributed by atoms with van der Waals surface area (Å²) in [6.45, 7) is 0. The van der Waals surface area contributed by atoms with Gasteiger partial charge in [-0.3, -0.25) is 4.98 Å². The predicted molar refractivity (Wildman–Crippen MR) is 240 cm³/mol. The molecule has 4 aliphatic rings. The van der Waals surface area contributed by atoms with Gasteiger partial charge in [0.05, 0.1) is 16.8 Å². The number of rotatable bonds is 5. The topological polar surface area (TPSA) is 38.7 Å². The van der Waals surface area contributed by atoms with E-state index in [4.69, 9.17) is 9.97 Å². The minimum atomic E-state index is -0.450. The van der Waals surface area contributed by atoms with Crippen LogP contribution >= 0.6 is 0 Å². The first-order valence-electron chi connectivity index (χ1n) is 20.4. The van der Waals surface area contributed by atoms with Crippen LogP contribution in [0.1, 0.15) is 27.8 Å². The summed E-state index contributed by atoms with van der Waals surface area (Å²) in [7, 11) is 0. The van der Waals surface area contributed by atoms with Gasteiger partial charge in [-0.1, -0.05) is 176 Å². The summed E-state index contributed by atoms with van der Waals surface area (Å²) in [5.41, 5.74) is 19.4. The first-order chi connectivity index (χ1) is 29.2. The molecule has 4 aliphatic carbocycles. The third-order valence-corrected chi connectivity index (χ3v) is 12.8. The van der Waals surface area contributed by atoms with Crippen molar-refractivity contribution in [3.63, 3.8) is 0 Å². The first kappa shape index (κ1) is 33.6. The summed E-state index contributed by atoms with van der Waals surface area (Å²) in [6, 6.07) is 57.5. The minimum absolute atomic E-state index is 0.341. The van der Waals surface area contributed by atoms with Gasteiger partial charge in [0.1, 0.15) is 0 Å². The van der Waals surface area contributed by atoms with E-state index >= 15 is 0 Å². The van der Waals surface area contributed by atoms with E-state index < -0.39 is 5.41 Å². The molecule has 276 valence electrons. The van der Waals surface area contributed by atoms with Crippen LogP contribution in [0.2, 0.25) is 0 Å². The third-order valence-electron chi connectivity index (χ3n) is 12.8. The standard InChI is InChI=1S/C56H37N3/c1-2-17-43-36(12-1)13-10-21-44(43)37-25-27-38(28-26-37)53-34-54(40-15-9-14-39(32-40)42-16-11-31-57-35-42)59-55(58-53)41-29-30-48-47-20-5-8-24-51(47)56(52(48)33-41)49-22-6-3-18-45(49)46-19-4-7-23-50(46)56/h1-36,43H. The maximum Gasteiger partial charge on any atom is 0.160 e. The molecule has 0 amide bonds. The van der Waals surface area contributed by atoms with Gasteiger partial charge in [0.25, 0.3) is 0 Å². The van der Waals surface area contributed by atoms with E-state index in [9.17, 15) is 0 Å². The van der Waals surface area contributed by atoms with Gasteiger partial charge < -0.3 is 0 Å². The summed E-state index contributed by atoms with van der Waals surface area (Å²) in [5, 5.41) is 0. The van der Waals surface area contributed by atoms with Crippen LogP contribution in [0.15, 0.2) is 213 Å². The number of allylic oxidation sites excluding steroid dienone is 8. The highest BCUT2D eigenvalue weighted by molar-refractivity contribution is 5.96. The summed E-state index contributed by atoms with van der Waals surface area (Å²) in [6.07, 6.45) is 19.4. The molecule has 3 heteroatoms. The van der Waals surface area contributed by atoms with Crippen LogP contribution < -0.4 is 0 Å². The number of pyridine rings is 1. The van der Waals surface area contributed by atoms with Crippen molar-refractivity contribution < 1.29 is 0 Å². The summed E-state index contributed by atoms with van der Waals surface area (Å²) in [5.74, 6) is 1.43. The Hall–Kier alpha value is -7.49. The van der Waals surface area contributed by atoms with Crippen LogP contribution in [-0.4, -0.2) is 15.0 Å². The number of benzene rings is 6. The van der Waals surface area contributed by atoms with Crippen molar-refractivity contribution in [2.24, 2.45) is 11.8 Å². The smallest absolute Gasteiger partial charge is 0.160 e. The maximum absolute atomic E-state index is 5.40. The Morgan fingerprint density at radius 1 is 0.407 bits per heavy atom. The number of hydrogen-bond donors (Lipinski definition) is 0. The normalized spacial score (nSPS) is 17.2. The molecule has 2 heterocycles. The molecule has 8 aromatic rings. The van der Waals surface area contributed by atoms with Gasteiger partial charge in [0.2, 0.25) is 0 Å². The number of fused-ring (bicyclic) bond motifs is 11. The van der Waals surface area contributed by atoms with Crippen molar-refractivity contribution in [2.45, 2.75) is 5.41 Å². The Labute approximate surface area is 344 Å². The highest BCUT2D eigenvalue weighted by Crippen LogP contribution is 2.63. The fraction of sp³-hybridized carbons (Fsp3) is 0.0536. The fourth-order valence-electron chi connectivity index (χ4n) is 10.1. The van der Waals surface area contributed by atoms with Gasteiger partial charge >= 0.3 is 0 Å². The lowest BCUT2D eigenvalue weighted by Crippen LogP contribution is -2.25. The molecule has 2 atom stereocenters. The van der Waals surface area contributed by atoms with Crippen molar-refractivity contribution >= 4 is 5.57 Å².